The van der Waals surface area contributed by atoms with Crippen LogP contribution >= 0.6 is 0 Å². The SMILES string of the molecule is COc1cc(N(C)CCN(C)C)c(F)cc1Nc1nc2c(c(Nc3ccccc3S(=O)(=O)NC(C)C)n1)C(C)(C)CN2. The van der Waals surface area contributed by atoms with Crippen molar-refractivity contribution in [2.24, 2.45) is 0 Å². The van der Waals surface area contributed by atoms with Crippen molar-refractivity contribution in [3.63, 3.8) is 0 Å². The number of ether oxygens (including phenoxy) is 1. The highest BCUT2D eigenvalue weighted by Crippen LogP contribution is 2.42. The Labute approximate surface area is 247 Å². The average Bonchev–Trinajstić information content (AvgIpc) is 3.21. The summed E-state index contributed by atoms with van der Waals surface area (Å²) in [5.41, 5.74) is 1.60. The van der Waals surface area contributed by atoms with Gasteiger partial charge in [0.2, 0.25) is 16.0 Å². The molecular weight excluding hydrogens is 559 g/mol. The summed E-state index contributed by atoms with van der Waals surface area (Å²) in [4.78, 5) is 13.4. The molecule has 13 heteroatoms. The fourth-order valence-corrected chi connectivity index (χ4v) is 6.18. The minimum Gasteiger partial charge on any atom is -0.494 e. The molecule has 4 rings (SSSR count). The van der Waals surface area contributed by atoms with Crippen molar-refractivity contribution in [1.82, 2.24) is 19.6 Å². The van der Waals surface area contributed by atoms with Crippen molar-refractivity contribution in [3.8, 4) is 5.75 Å². The zero-order valence-corrected chi connectivity index (χ0v) is 26.3. The molecule has 0 spiro atoms. The normalized spacial score (nSPS) is 14.1. The number of likely N-dealkylation sites (N-methyl/N-ethyl adjacent to an activating group) is 2. The van der Waals surface area contributed by atoms with Crippen LogP contribution in [0.3, 0.4) is 0 Å². The second-order valence-electron chi connectivity index (χ2n) is 11.6. The molecule has 4 N–H and O–H groups in total. The smallest absolute Gasteiger partial charge is 0.242 e. The van der Waals surface area contributed by atoms with Crippen molar-refractivity contribution < 1.29 is 17.5 Å². The van der Waals surface area contributed by atoms with E-state index in [1.165, 1.54) is 13.2 Å². The summed E-state index contributed by atoms with van der Waals surface area (Å²) in [6, 6.07) is 9.39. The molecule has 1 aromatic heterocycles. The molecular formula is C29H41FN8O3S. The molecule has 0 atom stereocenters. The molecule has 0 radical (unpaired) electrons. The van der Waals surface area contributed by atoms with E-state index in [1.54, 1.807) is 44.2 Å². The fourth-order valence-electron chi connectivity index (χ4n) is 4.77. The average molecular weight is 601 g/mol. The number of para-hydroxylation sites is 1. The van der Waals surface area contributed by atoms with Crippen molar-refractivity contribution >= 4 is 44.7 Å². The maximum atomic E-state index is 15.3. The highest BCUT2D eigenvalue weighted by molar-refractivity contribution is 7.89. The Kier molecular flexibility index (Phi) is 9.14. The van der Waals surface area contributed by atoms with Crippen LogP contribution in [0.4, 0.5) is 39.0 Å². The maximum absolute atomic E-state index is 15.3. The molecule has 1 aliphatic rings. The number of fused-ring (bicyclic) bond motifs is 1. The first-order valence-corrected chi connectivity index (χ1v) is 15.3. The van der Waals surface area contributed by atoms with Gasteiger partial charge in [0, 0.05) is 55.8 Å². The van der Waals surface area contributed by atoms with Gasteiger partial charge in [-0.15, -0.1) is 0 Å². The number of sulfonamides is 1. The van der Waals surface area contributed by atoms with Crippen LogP contribution in [0.2, 0.25) is 0 Å². The van der Waals surface area contributed by atoms with Crippen LogP contribution in [0.25, 0.3) is 0 Å². The molecule has 228 valence electrons. The minimum absolute atomic E-state index is 0.0991. The van der Waals surface area contributed by atoms with E-state index < -0.39 is 15.8 Å². The van der Waals surface area contributed by atoms with Crippen LogP contribution in [-0.4, -0.2) is 77.2 Å². The van der Waals surface area contributed by atoms with E-state index in [4.69, 9.17) is 9.72 Å². The molecule has 2 aromatic carbocycles. The van der Waals surface area contributed by atoms with E-state index in [2.05, 4.69) is 39.5 Å². The van der Waals surface area contributed by atoms with Crippen LogP contribution in [0, 0.1) is 5.82 Å². The number of benzene rings is 2. The van der Waals surface area contributed by atoms with Gasteiger partial charge in [-0.05, 0) is 40.1 Å². The lowest BCUT2D eigenvalue weighted by Crippen LogP contribution is -2.30. The summed E-state index contributed by atoms with van der Waals surface area (Å²) >= 11 is 0. The van der Waals surface area contributed by atoms with E-state index >= 15 is 4.39 Å². The minimum atomic E-state index is -3.80. The molecule has 1 aliphatic heterocycles. The Bertz CT molecular complexity index is 1550. The number of methoxy groups -OCH3 is 1. The standard InChI is InChI=1S/C29H41FN8O3S/c1-18(2)36-42(39,40)24-12-10-9-11-20(24)32-27-25-26(31-17-29(25,3)4)34-28(35-27)33-21-15-19(30)22(16-23(21)41-8)38(7)14-13-37(5)6/h9-12,15-16,18,36H,13-14,17H2,1-8H3,(H3,31,32,33,34,35). The van der Waals surface area contributed by atoms with Gasteiger partial charge in [-0.1, -0.05) is 26.0 Å². The lowest BCUT2D eigenvalue weighted by atomic mass is 9.88. The zero-order valence-electron chi connectivity index (χ0n) is 25.5. The number of nitrogens with zero attached hydrogens (tertiary/aromatic N) is 4. The van der Waals surface area contributed by atoms with E-state index in [-0.39, 0.29) is 22.3 Å². The van der Waals surface area contributed by atoms with Gasteiger partial charge in [-0.25, -0.2) is 17.5 Å². The second kappa shape index (κ2) is 12.3. The molecule has 0 saturated carbocycles. The highest BCUT2D eigenvalue weighted by atomic mass is 32.2. The summed E-state index contributed by atoms with van der Waals surface area (Å²) in [5, 5.41) is 9.69. The van der Waals surface area contributed by atoms with Gasteiger partial charge in [0.15, 0.2) is 0 Å². The second-order valence-corrected chi connectivity index (χ2v) is 13.3. The fraction of sp³-hybridized carbons (Fsp3) is 0.448. The van der Waals surface area contributed by atoms with Crippen molar-refractivity contribution in [3.05, 3.63) is 47.8 Å². The maximum Gasteiger partial charge on any atom is 0.242 e. The number of aromatic nitrogens is 2. The quantitative estimate of drug-likeness (QED) is 0.236. The van der Waals surface area contributed by atoms with E-state index in [0.29, 0.717) is 47.5 Å². The monoisotopic (exact) mass is 600 g/mol. The molecule has 0 unspecified atom stereocenters. The summed E-state index contributed by atoms with van der Waals surface area (Å²) in [7, 11) is 3.48. The Morgan fingerprint density at radius 2 is 1.79 bits per heavy atom. The van der Waals surface area contributed by atoms with E-state index in [9.17, 15) is 8.42 Å². The van der Waals surface area contributed by atoms with E-state index in [1.807, 2.05) is 30.9 Å². The van der Waals surface area contributed by atoms with Gasteiger partial charge in [0.05, 0.1) is 24.2 Å². The number of hydrogen-bond donors (Lipinski definition) is 4. The summed E-state index contributed by atoms with van der Waals surface area (Å²) in [6.45, 7) is 9.65. The molecule has 3 aromatic rings. The number of anilines is 6. The van der Waals surface area contributed by atoms with Crippen molar-refractivity contribution in [2.75, 3.05) is 68.7 Å². The van der Waals surface area contributed by atoms with Crippen LogP contribution in [0.5, 0.6) is 5.75 Å². The Balaban J connectivity index is 1.73. The lowest BCUT2D eigenvalue weighted by molar-refractivity contribution is 0.411. The van der Waals surface area contributed by atoms with Crippen molar-refractivity contribution in [2.45, 2.75) is 44.0 Å². The van der Waals surface area contributed by atoms with Crippen LogP contribution in [-0.2, 0) is 15.4 Å². The van der Waals surface area contributed by atoms with Gasteiger partial charge in [-0.2, -0.15) is 9.97 Å². The third kappa shape index (κ3) is 6.85. The first-order chi connectivity index (χ1) is 19.7. The van der Waals surface area contributed by atoms with Gasteiger partial charge >= 0.3 is 0 Å². The van der Waals surface area contributed by atoms with Crippen LogP contribution in [0.15, 0.2) is 41.3 Å². The summed E-state index contributed by atoms with van der Waals surface area (Å²) in [5.74, 6) is 1.22. The number of halogens is 1. The van der Waals surface area contributed by atoms with Crippen LogP contribution < -0.4 is 30.3 Å². The summed E-state index contributed by atoms with van der Waals surface area (Å²) in [6.07, 6.45) is 0. The Morgan fingerprint density at radius 1 is 1.07 bits per heavy atom. The van der Waals surface area contributed by atoms with Gasteiger partial charge in [-0.3, -0.25) is 0 Å². The Hall–Kier alpha value is -3.68. The van der Waals surface area contributed by atoms with Gasteiger partial charge in [0.25, 0.3) is 0 Å². The molecule has 0 amide bonds. The molecule has 0 fully saturated rings. The number of rotatable bonds is 12. The van der Waals surface area contributed by atoms with Crippen molar-refractivity contribution in [1.29, 1.82) is 0 Å². The first kappa shape index (κ1) is 31.3. The molecule has 0 saturated heterocycles. The molecule has 2 heterocycles. The molecule has 11 nitrogen and oxygen atoms in total. The van der Waals surface area contributed by atoms with Gasteiger partial charge < -0.3 is 30.5 Å². The number of nitrogens with one attached hydrogen (secondary N) is 4. The lowest BCUT2D eigenvalue weighted by Gasteiger charge is -2.24. The third-order valence-electron chi connectivity index (χ3n) is 6.91. The molecule has 42 heavy (non-hydrogen) atoms. The number of hydrogen-bond acceptors (Lipinski definition) is 10. The zero-order chi connectivity index (χ0) is 30.8. The van der Waals surface area contributed by atoms with Crippen LogP contribution in [0.1, 0.15) is 33.3 Å². The predicted octanol–water partition coefficient (Wildman–Crippen LogP) is 4.50. The first-order valence-electron chi connectivity index (χ1n) is 13.8. The third-order valence-corrected chi connectivity index (χ3v) is 8.63. The highest BCUT2D eigenvalue weighted by Gasteiger charge is 2.36. The molecule has 0 aliphatic carbocycles. The largest absolute Gasteiger partial charge is 0.494 e. The predicted molar refractivity (Wildman–Crippen MR) is 167 cm³/mol. The topological polar surface area (TPSA) is 124 Å². The molecule has 0 bridgehead atoms. The van der Waals surface area contributed by atoms with E-state index in [0.717, 1.165) is 12.1 Å². The van der Waals surface area contributed by atoms with Gasteiger partial charge in [0.1, 0.15) is 28.1 Å². The summed E-state index contributed by atoms with van der Waals surface area (Å²) < 4.78 is 49.8. The Morgan fingerprint density at radius 3 is 2.45 bits per heavy atom.